The Labute approximate surface area is 201 Å². The van der Waals surface area contributed by atoms with Crippen LogP contribution < -0.4 is 4.74 Å². The number of hydrogen-bond acceptors (Lipinski definition) is 5. The maximum atomic E-state index is 6.19. The molecule has 176 valence electrons. The quantitative estimate of drug-likeness (QED) is 0.582. The molecular weight excluding hydrogens is 424 g/mol. The first kappa shape index (κ1) is 21.4. The van der Waals surface area contributed by atoms with Crippen molar-refractivity contribution in [1.82, 2.24) is 14.4 Å². The van der Waals surface area contributed by atoms with Crippen LogP contribution in [-0.2, 0) is 11.9 Å². The van der Waals surface area contributed by atoms with E-state index < -0.39 is 0 Å². The standard InChI is InChI=1S/C28H32N4O2/c1-20(14-21-6-4-3-5-7-21)17-31-10-12-32(13-11-31)18-27-24-19-33-26-16-25-22(8-9-30(25)2)15-23(26)28(24)29-34-27/h3-9,14-16,24,27H,10-13,17-19H2,1-2H3/b20-14+. The van der Waals surface area contributed by atoms with E-state index in [0.717, 1.165) is 56.3 Å². The van der Waals surface area contributed by atoms with Gasteiger partial charge in [0.15, 0.2) is 6.10 Å². The van der Waals surface area contributed by atoms with E-state index in [0.29, 0.717) is 6.61 Å². The Morgan fingerprint density at radius 2 is 1.85 bits per heavy atom. The second kappa shape index (κ2) is 8.93. The van der Waals surface area contributed by atoms with Gasteiger partial charge in [-0.2, -0.15) is 0 Å². The Morgan fingerprint density at radius 1 is 1.06 bits per heavy atom. The average Bonchev–Trinajstić information content (AvgIpc) is 3.43. The second-order valence-corrected chi connectivity index (χ2v) is 9.85. The lowest BCUT2D eigenvalue weighted by molar-refractivity contribution is 0.0101. The molecule has 0 spiro atoms. The fraction of sp³-hybridized carbons (Fsp3) is 0.393. The highest BCUT2D eigenvalue weighted by Crippen LogP contribution is 2.37. The SMILES string of the molecule is C/C(=C\c1ccccc1)CN1CCN(CC2ON=C3c4cc5ccn(C)c5cc4OCC32)CC1. The third-order valence-electron chi connectivity index (χ3n) is 7.36. The molecular formula is C28H32N4O2. The molecule has 2 aromatic carbocycles. The van der Waals surface area contributed by atoms with Crippen molar-refractivity contribution in [2.24, 2.45) is 18.1 Å². The molecule has 2 atom stereocenters. The van der Waals surface area contributed by atoms with E-state index >= 15 is 0 Å². The number of rotatable bonds is 5. The summed E-state index contributed by atoms with van der Waals surface area (Å²) in [6.07, 6.45) is 4.44. The zero-order valence-electron chi connectivity index (χ0n) is 20.0. The molecule has 0 radical (unpaired) electrons. The largest absolute Gasteiger partial charge is 0.492 e. The molecule has 3 aliphatic heterocycles. The van der Waals surface area contributed by atoms with Gasteiger partial charge in [-0.25, -0.2) is 0 Å². The summed E-state index contributed by atoms with van der Waals surface area (Å²) in [5.74, 6) is 1.11. The first-order valence-corrected chi connectivity index (χ1v) is 12.3. The smallest absolute Gasteiger partial charge is 0.151 e. The van der Waals surface area contributed by atoms with E-state index in [4.69, 9.17) is 9.57 Å². The highest BCUT2D eigenvalue weighted by Gasteiger charge is 2.41. The van der Waals surface area contributed by atoms with Gasteiger partial charge in [0, 0.05) is 69.5 Å². The number of fused-ring (bicyclic) bond motifs is 4. The summed E-state index contributed by atoms with van der Waals surface area (Å²) in [5.41, 5.74) is 6.00. The summed E-state index contributed by atoms with van der Waals surface area (Å²) in [6.45, 7) is 9.07. The molecule has 2 unspecified atom stereocenters. The van der Waals surface area contributed by atoms with Crippen LogP contribution in [0, 0.1) is 5.92 Å². The molecule has 0 amide bonds. The maximum Gasteiger partial charge on any atom is 0.151 e. The number of piperazine rings is 1. The van der Waals surface area contributed by atoms with Gasteiger partial charge in [-0.15, -0.1) is 0 Å². The van der Waals surface area contributed by atoms with Crippen LogP contribution in [0.2, 0.25) is 0 Å². The van der Waals surface area contributed by atoms with E-state index in [-0.39, 0.29) is 12.0 Å². The number of ether oxygens (including phenoxy) is 1. The zero-order chi connectivity index (χ0) is 23.1. The summed E-state index contributed by atoms with van der Waals surface area (Å²) in [6, 6.07) is 17.0. The lowest BCUT2D eigenvalue weighted by Gasteiger charge is -2.36. The van der Waals surface area contributed by atoms with Gasteiger partial charge in [-0.1, -0.05) is 47.1 Å². The van der Waals surface area contributed by atoms with E-state index in [1.807, 2.05) is 0 Å². The van der Waals surface area contributed by atoms with Gasteiger partial charge in [0.05, 0.1) is 11.4 Å². The minimum absolute atomic E-state index is 0.0564. The number of aryl methyl sites for hydroxylation is 1. The normalized spacial score (nSPS) is 23.2. The van der Waals surface area contributed by atoms with Crippen molar-refractivity contribution >= 4 is 22.7 Å². The van der Waals surface area contributed by atoms with Gasteiger partial charge in [0.25, 0.3) is 0 Å². The van der Waals surface area contributed by atoms with E-state index in [1.165, 1.54) is 22.0 Å². The number of benzene rings is 2. The Bertz CT molecular complexity index is 1240. The topological polar surface area (TPSA) is 42.2 Å². The molecule has 1 aromatic heterocycles. The van der Waals surface area contributed by atoms with Gasteiger partial charge in [-0.3, -0.25) is 9.80 Å². The molecule has 4 heterocycles. The Kier molecular flexibility index (Phi) is 5.63. The van der Waals surface area contributed by atoms with Crippen LogP contribution in [0.4, 0.5) is 0 Å². The minimum Gasteiger partial charge on any atom is -0.492 e. The van der Waals surface area contributed by atoms with Crippen molar-refractivity contribution in [1.29, 1.82) is 0 Å². The van der Waals surface area contributed by atoms with Crippen LogP contribution in [0.25, 0.3) is 17.0 Å². The van der Waals surface area contributed by atoms with Crippen LogP contribution in [0.15, 0.2) is 65.5 Å². The maximum absolute atomic E-state index is 6.19. The van der Waals surface area contributed by atoms with Crippen molar-refractivity contribution in [2.75, 3.05) is 45.9 Å². The van der Waals surface area contributed by atoms with Crippen LogP contribution in [0.5, 0.6) is 5.75 Å². The summed E-state index contributed by atoms with van der Waals surface area (Å²) < 4.78 is 8.32. The van der Waals surface area contributed by atoms with Crippen molar-refractivity contribution in [2.45, 2.75) is 13.0 Å². The van der Waals surface area contributed by atoms with E-state index in [2.05, 4.69) is 94.3 Å². The predicted octanol–water partition coefficient (Wildman–Crippen LogP) is 4.01. The summed E-state index contributed by atoms with van der Waals surface area (Å²) >= 11 is 0. The average molecular weight is 457 g/mol. The molecule has 3 aromatic rings. The summed E-state index contributed by atoms with van der Waals surface area (Å²) in [4.78, 5) is 11.0. The molecule has 0 bridgehead atoms. The van der Waals surface area contributed by atoms with E-state index in [1.54, 1.807) is 0 Å². The number of hydrogen-bond donors (Lipinski definition) is 0. The highest BCUT2D eigenvalue weighted by atomic mass is 16.6. The third kappa shape index (κ3) is 4.12. The Balaban J connectivity index is 1.05. The van der Waals surface area contributed by atoms with Crippen LogP contribution in [-0.4, -0.2) is 72.1 Å². The van der Waals surface area contributed by atoms with Crippen LogP contribution in [0.3, 0.4) is 0 Å². The summed E-state index contributed by atoms with van der Waals surface area (Å²) in [7, 11) is 2.06. The molecule has 0 aliphatic carbocycles. The lowest BCUT2D eigenvalue weighted by atomic mass is 9.89. The molecule has 1 fully saturated rings. The fourth-order valence-electron chi connectivity index (χ4n) is 5.45. The molecule has 0 N–H and O–H groups in total. The monoisotopic (exact) mass is 456 g/mol. The van der Waals surface area contributed by atoms with Crippen molar-refractivity contribution in [3.05, 3.63) is 71.4 Å². The predicted molar refractivity (Wildman–Crippen MR) is 136 cm³/mol. The van der Waals surface area contributed by atoms with Gasteiger partial charge < -0.3 is 14.1 Å². The molecule has 6 heteroatoms. The molecule has 1 saturated heterocycles. The highest BCUT2D eigenvalue weighted by molar-refractivity contribution is 6.08. The van der Waals surface area contributed by atoms with Crippen molar-refractivity contribution < 1.29 is 9.57 Å². The molecule has 34 heavy (non-hydrogen) atoms. The molecule has 0 saturated carbocycles. The van der Waals surface area contributed by atoms with Gasteiger partial charge >= 0.3 is 0 Å². The second-order valence-electron chi connectivity index (χ2n) is 9.85. The van der Waals surface area contributed by atoms with Crippen LogP contribution >= 0.6 is 0 Å². The minimum atomic E-state index is 0.0564. The third-order valence-corrected chi connectivity index (χ3v) is 7.36. The summed E-state index contributed by atoms with van der Waals surface area (Å²) in [5, 5.41) is 5.75. The molecule has 3 aliphatic rings. The Hall–Kier alpha value is -3.09. The van der Waals surface area contributed by atoms with Gasteiger partial charge in [0.1, 0.15) is 18.1 Å². The number of nitrogens with zero attached hydrogens (tertiary/aromatic N) is 4. The first-order chi connectivity index (χ1) is 16.6. The zero-order valence-corrected chi connectivity index (χ0v) is 20.0. The molecule has 6 nitrogen and oxygen atoms in total. The van der Waals surface area contributed by atoms with Crippen molar-refractivity contribution in [3.8, 4) is 5.75 Å². The number of oxime groups is 1. The fourth-order valence-corrected chi connectivity index (χ4v) is 5.45. The van der Waals surface area contributed by atoms with Crippen LogP contribution in [0.1, 0.15) is 18.1 Å². The molecule has 6 rings (SSSR count). The Morgan fingerprint density at radius 3 is 2.68 bits per heavy atom. The first-order valence-electron chi connectivity index (χ1n) is 12.3. The van der Waals surface area contributed by atoms with Gasteiger partial charge in [-0.05, 0) is 24.6 Å². The van der Waals surface area contributed by atoms with E-state index in [9.17, 15) is 0 Å². The van der Waals surface area contributed by atoms with Gasteiger partial charge in [0.2, 0.25) is 0 Å². The van der Waals surface area contributed by atoms with Crippen molar-refractivity contribution in [3.63, 3.8) is 0 Å². The lowest BCUT2D eigenvalue weighted by Crippen LogP contribution is -2.50. The number of aromatic nitrogens is 1.